The van der Waals surface area contributed by atoms with Crippen LogP contribution in [-0.2, 0) is 7.05 Å². The number of rotatable bonds is 3. The van der Waals surface area contributed by atoms with E-state index in [0.29, 0.717) is 0 Å². The number of nitrogens with zero attached hydrogens (tertiary/aromatic N) is 4. The zero-order valence-corrected chi connectivity index (χ0v) is 12.1. The van der Waals surface area contributed by atoms with Crippen molar-refractivity contribution in [2.75, 3.05) is 5.75 Å². The maximum atomic E-state index is 4.76. The van der Waals surface area contributed by atoms with E-state index in [1.165, 1.54) is 5.03 Å². The molecule has 0 radical (unpaired) electrons. The molecular formula is C13H15BN4S. The Morgan fingerprint density at radius 3 is 2.89 bits per heavy atom. The predicted molar refractivity (Wildman–Crippen MR) is 79.9 cm³/mol. The summed E-state index contributed by atoms with van der Waals surface area (Å²) in [7, 11) is 3.93. The van der Waals surface area contributed by atoms with Crippen molar-refractivity contribution in [2.45, 2.75) is 18.9 Å². The average molecular weight is 270 g/mol. The van der Waals surface area contributed by atoms with Gasteiger partial charge in [0.1, 0.15) is 0 Å². The molecule has 0 saturated heterocycles. The monoisotopic (exact) mass is 270 g/mol. The van der Waals surface area contributed by atoms with Crippen molar-refractivity contribution in [1.82, 2.24) is 18.8 Å². The number of imidazole rings is 1. The Morgan fingerprint density at radius 2 is 2.21 bits per heavy atom. The van der Waals surface area contributed by atoms with E-state index in [2.05, 4.69) is 27.0 Å². The normalized spacial score (nSPS) is 11.1. The summed E-state index contributed by atoms with van der Waals surface area (Å²) in [6.07, 6.45) is 2.06. The van der Waals surface area contributed by atoms with Gasteiger partial charge in [-0.1, -0.05) is 0 Å². The second kappa shape index (κ2) is 4.85. The Morgan fingerprint density at radius 1 is 1.37 bits per heavy atom. The summed E-state index contributed by atoms with van der Waals surface area (Å²) in [5.74, 6) is 2.02. The van der Waals surface area contributed by atoms with E-state index in [1.54, 1.807) is 0 Å². The van der Waals surface area contributed by atoms with Gasteiger partial charge in [0.2, 0.25) is 0 Å². The van der Waals surface area contributed by atoms with Gasteiger partial charge in [-0.25, -0.2) is 0 Å². The van der Waals surface area contributed by atoms with E-state index in [9.17, 15) is 0 Å². The number of thioether (sulfide) groups is 1. The van der Waals surface area contributed by atoms with Crippen LogP contribution in [0, 0.1) is 6.92 Å². The summed E-state index contributed by atoms with van der Waals surface area (Å²) in [6, 6.07) is 6.08. The van der Waals surface area contributed by atoms with Crippen molar-refractivity contribution in [2.24, 2.45) is 7.05 Å². The van der Waals surface area contributed by atoms with Gasteiger partial charge in [-0.05, 0) is 0 Å². The Hall–Kier alpha value is -1.56. The summed E-state index contributed by atoms with van der Waals surface area (Å²) < 4.78 is 4.23. The number of aromatic nitrogens is 4. The van der Waals surface area contributed by atoms with E-state index in [-0.39, 0.29) is 0 Å². The fourth-order valence-electron chi connectivity index (χ4n) is 2.14. The third-order valence-corrected chi connectivity index (χ3v) is 4.18. The first-order valence-corrected chi connectivity index (χ1v) is 7.29. The van der Waals surface area contributed by atoms with Crippen LogP contribution in [0.25, 0.3) is 16.9 Å². The van der Waals surface area contributed by atoms with Crippen LogP contribution in [0.15, 0.2) is 29.4 Å². The van der Waals surface area contributed by atoms with Crippen LogP contribution < -0.4 is 0 Å². The van der Waals surface area contributed by atoms with Crippen molar-refractivity contribution in [3.8, 4) is 11.3 Å². The Kier molecular flexibility index (Phi) is 3.18. The molecule has 0 amide bonds. The van der Waals surface area contributed by atoms with E-state index in [0.717, 1.165) is 28.5 Å². The molecule has 3 heterocycles. The van der Waals surface area contributed by atoms with Gasteiger partial charge in [-0.3, -0.25) is 0 Å². The molecule has 0 spiro atoms. The summed E-state index contributed by atoms with van der Waals surface area (Å²) in [5.41, 5.74) is 3.06. The Labute approximate surface area is 117 Å². The zero-order valence-electron chi connectivity index (χ0n) is 11.3. The van der Waals surface area contributed by atoms with E-state index < -0.39 is 0 Å². The Bertz CT molecular complexity index is 731. The maximum absolute atomic E-state index is 4.76. The van der Waals surface area contributed by atoms with Gasteiger partial charge in [-0.15, -0.1) is 0 Å². The summed E-state index contributed by atoms with van der Waals surface area (Å²) in [5, 5.41) is 1.18. The molecule has 0 aliphatic rings. The molecule has 0 atom stereocenters. The van der Waals surface area contributed by atoms with Crippen LogP contribution in [0.4, 0.5) is 0 Å². The third-order valence-electron chi connectivity index (χ3n) is 3.23. The van der Waals surface area contributed by atoms with E-state index >= 15 is 0 Å². The minimum atomic E-state index is 0.979. The van der Waals surface area contributed by atoms with Gasteiger partial charge in [0.15, 0.2) is 0 Å². The molecular weight excluding hydrogens is 255 g/mol. The molecule has 0 saturated carbocycles. The Balaban J connectivity index is 2.28. The second-order valence-electron chi connectivity index (χ2n) is 4.38. The van der Waals surface area contributed by atoms with E-state index in [4.69, 9.17) is 4.98 Å². The quantitative estimate of drug-likeness (QED) is 0.686. The zero-order chi connectivity index (χ0) is 13.4. The van der Waals surface area contributed by atoms with Crippen LogP contribution in [0.2, 0.25) is 0 Å². The number of pyridine rings is 1. The molecule has 0 bridgehead atoms. The number of fused-ring (bicyclic) bond motifs is 1. The fourth-order valence-corrected chi connectivity index (χ4v) is 2.99. The van der Waals surface area contributed by atoms with Gasteiger partial charge in [-0.2, -0.15) is 0 Å². The summed E-state index contributed by atoms with van der Waals surface area (Å²) >= 11 is 1.81. The molecule has 6 heteroatoms. The average Bonchev–Trinajstić information content (AvgIpc) is 2.93. The molecule has 19 heavy (non-hydrogen) atoms. The van der Waals surface area contributed by atoms with Crippen LogP contribution in [0.5, 0.6) is 0 Å². The second-order valence-corrected chi connectivity index (χ2v) is 5.63. The molecule has 0 aromatic carbocycles. The standard InChI is InChI=1S/C13H15BN4S/c1-4-19-13-11(12-14-16-9(2)17(12)3)15-10-7-5-6-8-18(10)13/h5-8H,4H2,1-3H3. The van der Waals surface area contributed by atoms with Crippen LogP contribution in [0.1, 0.15) is 12.7 Å². The molecule has 0 fully saturated rings. The van der Waals surface area contributed by atoms with Gasteiger partial charge < -0.3 is 0 Å². The van der Waals surface area contributed by atoms with Crippen LogP contribution in [-0.4, -0.2) is 31.6 Å². The van der Waals surface area contributed by atoms with Gasteiger partial charge in [0.25, 0.3) is 0 Å². The van der Waals surface area contributed by atoms with Crippen molar-refractivity contribution in [3.05, 3.63) is 30.2 Å². The molecule has 0 aliphatic heterocycles. The number of aryl methyl sites for hydroxylation is 1. The molecule has 0 unspecified atom stereocenters. The molecule has 3 aromatic rings. The third kappa shape index (κ3) is 2.00. The first kappa shape index (κ1) is 12.5. The summed E-state index contributed by atoms with van der Waals surface area (Å²) in [6.45, 7) is 4.16. The van der Waals surface area contributed by atoms with Crippen molar-refractivity contribution >= 4 is 24.5 Å². The van der Waals surface area contributed by atoms with Crippen molar-refractivity contribution in [3.63, 3.8) is 0 Å². The molecule has 0 N–H and O–H groups in total. The number of hydrogen-bond donors (Lipinski definition) is 0. The van der Waals surface area contributed by atoms with Crippen LogP contribution in [0.3, 0.4) is 0 Å². The van der Waals surface area contributed by atoms with Gasteiger partial charge in [0.05, 0.1) is 0 Å². The van der Waals surface area contributed by atoms with Crippen molar-refractivity contribution in [1.29, 1.82) is 0 Å². The molecule has 3 rings (SSSR count). The van der Waals surface area contributed by atoms with Crippen molar-refractivity contribution < 1.29 is 0 Å². The first-order valence-electron chi connectivity index (χ1n) is 6.31. The topological polar surface area (TPSA) is 35.1 Å². The summed E-state index contributed by atoms with van der Waals surface area (Å²) in [4.78, 5) is 9.13. The molecule has 0 aliphatic carbocycles. The van der Waals surface area contributed by atoms with Gasteiger partial charge in [0, 0.05) is 0 Å². The molecule has 96 valence electrons. The molecule has 4 nitrogen and oxygen atoms in total. The van der Waals surface area contributed by atoms with Gasteiger partial charge >= 0.3 is 116 Å². The molecule has 3 aromatic heterocycles. The first-order chi connectivity index (χ1) is 9.22. The number of hydrogen-bond acceptors (Lipinski definition) is 3. The SMILES string of the molecule is CCSc1c(-c2bnc(C)n2C)nc2ccccn12. The minimum absolute atomic E-state index is 0.979. The van der Waals surface area contributed by atoms with Crippen LogP contribution >= 0.6 is 11.8 Å². The fraction of sp³-hybridized carbons (Fsp3) is 0.308. The van der Waals surface area contributed by atoms with E-state index in [1.807, 2.05) is 51.0 Å². The predicted octanol–water partition coefficient (Wildman–Crippen LogP) is 2.49.